The summed E-state index contributed by atoms with van der Waals surface area (Å²) < 4.78 is 3.82. The maximum Gasteiger partial charge on any atom is 0.251 e. The molecule has 0 radical (unpaired) electrons. The summed E-state index contributed by atoms with van der Waals surface area (Å²) in [4.78, 5) is 21.8. The number of carbonyl (C=O) groups is 1. The number of aromatic nitrogens is 5. The van der Waals surface area contributed by atoms with Gasteiger partial charge < -0.3 is 16.4 Å². The third-order valence-electron chi connectivity index (χ3n) is 5.60. The highest BCUT2D eigenvalue weighted by Crippen LogP contribution is 2.28. The van der Waals surface area contributed by atoms with E-state index in [0.717, 1.165) is 47.6 Å². The van der Waals surface area contributed by atoms with E-state index in [-0.39, 0.29) is 5.91 Å². The molecule has 9 nitrogen and oxygen atoms in total. The molecule has 9 heteroatoms. The van der Waals surface area contributed by atoms with Gasteiger partial charge in [-0.1, -0.05) is 12.1 Å². The maximum atomic E-state index is 12.3. The smallest absolute Gasteiger partial charge is 0.251 e. The Bertz CT molecular complexity index is 1250. The third kappa shape index (κ3) is 3.94. The van der Waals surface area contributed by atoms with E-state index < -0.39 is 0 Å². The lowest BCUT2D eigenvalue weighted by Crippen LogP contribution is -2.25. The van der Waals surface area contributed by atoms with Crippen LogP contribution < -0.4 is 16.4 Å². The molecule has 164 valence electrons. The Hall–Kier alpha value is -3.72. The summed E-state index contributed by atoms with van der Waals surface area (Å²) in [5.41, 5.74) is 10.6. The van der Waals surface area contributed by atoms with Crippen molar-refractivity contribution in [3.8, 4) is 22.6 Å². The Morgan fingerprint density at radius 2 is 2.00 bits per heavy atom. The van der Waals surface area contributed by atoms with Gasteiger partial charge in [-0.25, -0.2) is 9.97 Å². The van der Waals surface area contributed by atoms with E-state index in [1.54, 1.807) is 10.9 Å². The molecule has 1 saturated carbocycles. The van der Waals surface area contributed by atoms with Crippen molar-refractivity contribution in [2.24, 2.45) is 12.8 Å². The van der Waals surface area contributed by atoms with Crippen LogP contribution in [-0.4, -0.2) is 49.2 Å². The summed E-state index contributed by atoms with van der Waals surface area (Å²) >= 11 is 0. The lowest BCUT2D eigenvalue weighted by Gasteiger charge is -2.11. The normalized spacial score (nSPS) is 13.4. The van der Waals surface area contributed by atoms with Gasteiger partial charge in [0.15, 0.2) is 11.5 Å². The number of amides is 1. The highest BCUT2D eigenvalue weighted by Gasteiger charge is 2.23. The van der Waals surface area contributed by atoms with Crippen LogP contribution in [0.5, 0.6) is 0 Å². The summed E-state index contributed by atoms with van der Waals surface area (Å²) in [5.74, 6) is 0.676. The molecule has 4 aromatic rings. The van der Waals surface area contributed by atoms with Gasteiger partial charge in [-0.2, -0.15) is 5.10 Å². The Morgan fingerprint density at radius 3 is 2.69 bits per heavy atom. The number of nitrogens with zero attached hydrogens (tertiary/aromatic N) is 5. The highest BCUT2D eigenvalue weighted by atomic mass is 16.1. The number of fused-ring (bicyclic) bond motifs is 1. The van der Waals surface area contributed by atoms with Crippen LogP contribution in [-0.2, 0) is 7.05 Å². The number of anilines is 1. The Labute approximate surface area is 185 Å². The minimum absolute atomic E-state index is 0.0220. The lowest BCUT2D eigenvalue weighted by molar-refractivity contribution is 0.0951. The zero-order chi connectivity index (χ0) is 22.1. The zero-order valence-electron chi connectivity index (χ0n) is 18.0. The highest BCUT2D eigenvalue weighted by molar-refractivity contribution is 5.95. The minimum atomic E-state index is -0.0220. The minimum Gasteiger partial charge on any atom is -0.367 e. The van der Waals surface area contributed by atoms with E-state index in [1.165, 1.54) is 0 Å². The molecule has 0 spiro atoms. The summed E-state index contributed by atoms with van der Waals surface area (Å²) in [7, 11) is 1.89. The first-order valence-corrected chi connectivity index (χ1v) is 10.9. The van der Waals surface area contributed by atoms with Crippen LogP contribution in [0.25, 0.3) is 28.3 Å². The second-order valence-corrected chi connectivity index (χ2v) is 8.05. The predicted octanol–water partition coefficient (Wildman–Crippen LogP) is 2.45. The van der Waals surface area contributed by atoms with E-state index in [1.807, 2.05) is 54.2 Å². The summed E-state index contributed by atoms with van der Waals surface area (Å²) in [6.07, 6.45) is 8.53. The molecule has 0 unspecified atom stereocenters. The monoisotopic (exact) mass is 430 g/mol. The predicted molar refractivity (Wildman–Crippen MR) is 123 cm³/mol. The largest absolute Gasteiger partial charge is 0.367 e. The van der Waals surface area contributed by atoms with Gasteiger partial charge in [0.05, 0.1) is 17.6 Å². The van der Waals surface area contributed by atoms with E-state index >= 15 is 0 Å². The number of hydrogen-bond donors (Lipinski definition) is 3. The van der Waals surface area contributed by atoms with Crippen molar-refractivity contribution in [3.05, 3.63) is 54.5 Å². The first-order chi connectivity index (χ1) is 15.6. The summed E-state index contributed by atoms with van der Waals surface area (Å²) in [6, 6.07) is 9.89. The Kier molecular flexibility index (Phi) is 5.32. The molecule has 1 amide bonds. The molecule has 1 aliphatic rings. The molecule has 3 heterocycles. The van der Waals surface area contributed by atoms with E-state index in [0.29, 0.717) is 30.5 Å². The molecule has 0 bridgehead atoms. The molecule has 4 N–H and O–H groups in total. The fourth-order valence-electron chi connectivity index (χ4n) is 3.67. The summed E-state index contributed by atoms with van der Waals surface area (Å²) in [5, 5.41) is 10.7. The van der Waals surface area contributed by atoms with Gasteiger partial charge in [0, 0.05) is 43.2 Å². The van der Waals surface area contributed by atoms with Crippen LogP contribution in [0.2, 0.25) is 0 Å². The summed E-state index contributed by atoms with van der Waals surface area (Å²) in [6.45, 7) is 1.31. The van der Waals surface area contributed by atoms with Crippen LogP contribution in [0.1, 0.15) is 29.6 Å². The van der Waals surface area contributed by atoms with Crippen molar-refractivity contribution in [1.29, 1.82) is 0 Å². The number of carbonyl (C=O) groups excluding carboxylic acids is 1. The molecular weight excluding hydrogens is 404 g/mol. The average molecular weight is 431 g/mol. The fraction of sp³-hybridized carbons (Fsp3) is 0.304. The van der Waals surface area contributed by atoms with Crippen LogP contribution >= 0.6 is 0 Å². The van der Waals surface area contributed by atoms with Gasteiger partial charge in [-0.15, -0.1) is 0 Å². The number of hydrogen-bond acceptors (Lipinski definition) is 6. The molecular formula is C23H26N8O. The molecule has 5 rings (SSSR count). The topological polar surface area (TPSA) is 115 Å². The zero-order valence-corrected chi connectivity index (χ0v) is 18.0. The number of aryl methyl sites for hydroxylation is 1. The van der Waals surface area contributed by atoms with Crippen molar-refractivity contribution < 1.29 is 4.79 Å². The van der Waals surface area contributed by atoms with Crippen LogP contribution in [0, 0.1) is 0 Å². The van der Waals surface area contributed by atoms with Gasteiger partial charge >= 0.3 is 0 Å². The van der Waals surface area contributed by atoms with Crippen LogP contribution in [0.3, 0.4) is 0 Å². The van der Waals surface area contributed by atoms with E-state index in [4.69, 9.17) is 10.7 Å². The lowest BCUT2D eigenvalue weighted by atomic mass is 10.1. The van der Waals surface area contributed by atoms with Crippen molar-refractivity contribution in [1.82, 2.24) is 29.5 Å². The Balaban J connectivity index is 1.53. The van der Waals surface area contributed by atoms with E-state index in [2.05, 4.69) is 20.7 Å². The second-order valence-electron chi connectivity index (χ2n) is 8.05. The number of imidazole rings is 1. The quantitative estimate of drug-likeness (QED) is 0.370. The molecule has 1 fully saturated rings. The molecule has 1 aromatic carbocycles. The molecule has 0 atom stereocenters. The van der Waals surface area contributed by atoms with Gasteiger partial charge in [0.2, 0.25) is 0 Å². The molecule has 1 aliphatic carbocycles. The molecule has 32 heavy (non-hydrogen) atoms. The van der Waals surface area contributed by atoms with Gasteiger partial charge in [0.1, 0.15) is 5.69 Å². The van der Waals surface area contributed by atoms with Crippen molar-refractivity contribution in [2.75, 3.05) is 18.4 Å². The van der Waals surface area contributed by atoms with Crippen molar-refractivity contribution in [2.45, 2.75) is 25.3 Å². The van der Waals surface area contributed by atoms with Crippen LogP contribution in [0.4, 0.5) is 5.82 Å². The van der Waals surface area contributed by atoms with Gasteiger partial charge in [-0.05, 0) is 44.0 Å². The first-order valence-electron chi connectivity index (χ1n) is 10.9. The standard InChI is InChI=1S/C23H26N8O/c1-30-19(9-12-27-30)18-14-31-20(13-26-22(31)21(29-18)25-11-2-10-24)15-3-5-16(6-4-15)23(32)28-17-7-8-17/h3-6,9,12-14,17H,2,7-8,10-11,24H2,1H3,(H,25,29)(H,28,32). The molecule has 3 aromatic heterocycles. The Morgan fingerprint density at radius 1 is 1.19 bits per heavy atom. The number of nitrogens with one attached hydrogen (secondary N) is 2. The number of nitrogens with two attached hydrogens (primary N) is 1. The average Bonchev–Trinajstić information content (AvgIpc) is 3.34. The molecule has 0 saturated heterocycles. The fourth-order valence-corrected chi connectivity index (χ4v) is 3.67. The third-order valence-corrected chi connectivity index (χ3v) is 5.60. The number of rotatable bonds is 8. The van der Waals surface area contributed by atoms with Crippen LogP contribution in [0.15, 0.2) is 48.9 Å². The van der Waals surface area contributed by atoms with E-state index in [9.17, 15) is 4.79 Å². The van der Waals surface area contributed by atoms with Gasteiger partial charge in [0.25, 0.3) is 5.91 Å². The van der Waals surface area contributed by atoms with Crippen molar-refractivity contribution >= 4 is 17.4 Å². The maximum absolute atomic E-state index is 12.3. The first kappa shape index (κ1) is 20.2. The molecule has 0 aliphatic heterocycles. The second kappa shape index (κ2) is 8.43. The van der Waals surface area contributed by atoms with Gasteiger partial charge in [-0.3, -0.25) is 13.9 Å². The SMILES string of the molecule is Cn1nccc1-c1cn2c(-c3ccc(C(=O)NC4CC4)cc3)cnc2c(NCCCN)n1. The van der Waals surface area contributed by atoms with Crippen molar-refractivity contribution in [3.63, 3.8) is 0 Å². The number of benzene rings is 1.